The Balaban J connectivity index is 0.000000180. The first-order chi connectivity index (χ1) is 35.6. The van der Waals surface area contributed by atoms with Crippen molar-refractivity contribution >= 4 is 104 Å². The van der Waals surface area contributed by atoms with Crippen LogP contribution in [0.1, 0.15) is 120 Å². The number of hydroxylamine groups is 4. The molecule has 4 fully saturated rings. The van der Waals surface area contributed by atoms with E-state index < -0.39 is 29.2 Å². The minimum absolute atomic E-state index is 0.0335. The topological polar surface area (TPSA) is 186 Å². The lowest BCUT2D eigenvalue weighted by molar-refractivity contribution is -0.161. The molecule has 2 saturated heterocycles. The van der Waals surface area contributed by atoms with Crippen molar-refractivity contribution in [3.05, 3.63) is 137 Å². The summed E-state index contributed by atoms with van der Waals surface area (Å²) in [5.41, 5.74) is 5.60. The Bertz CT molecular complexity index is 2980. The molecule has 4 heterocycles. The number of rotatable bonds is 12. The first-order valence-electron chi connectivity index (χ1n) is 24.5. The van der Waals surface area contributed by atoms with Gasteiger partial charge in [-0.15, -0.1) is 0 Å². The molecule has 21 heteroatoms. The fraction of sp³-hybridized carbons (Fsp3) is 0.407. The van der Waals surface area contributed by atoms with E-state index in [2.05, 4.69) is 15.6 Å². The molecule has 6 aliphatic rings. The molecular weight excluding hydrogens is 1070 g/mol. The molecule has 0 radical (unpaired) electrons. The molecule has 16 nitrogen and oxygen atoms in total. The van der Waals surface area contributed by atoms with E-state index in [1.165, 1.54) is 10.1 Å². The van der Waals surface area contributed by atoms with E-state index in [9.17, 15) is 28.8 Å². The number of amides is 5. The largest absolute Gasteiger partial charge is 0.384 e. The number of nitrogens with one attached hydrogen (secondary N) is 1. The third-order valence-electron chi connectivity index (χ3n) is 13.6. The smallest absolute Gasteiger partial charge is 0.271 e. The standard InChI is InChI=1S/C27H27Cl2N3O5.C23H23Cl2N3O4.C4H5ClO/c1-4-31-26(35)23(14-36-31)32(24(33)16-5-6-16)25(34)21-8-7-17(9-15(21)2)22-13-27(3,37-30-22)18-10-19(28)12-20(29)11-18;1-4-28-22(30)20(12-31-28)26-21(29)18-6-5-14(7-13(18)2)19-11-23(3,32-27-19)15-8-16(24)10-17(25)9-15;5-4(6)3-1-2-3/h7-12,16,23H,4-6,13-14H2,1-3H3;5-10,20H,4,11-12H2,1-3H3,(H,26,29);3H,1-2H2/t23-,27?;20-,23?;/m11./s1. The van der Waals surface area contributed by atoms with Crippen LogP contribution in [-0.2, 0) is 49.7 Å². The van der Waals surface area contributed by atoms with Crippen LogP contribution >= 0.6 is 58.0 Å². The summed E-state index contributed by atoms with van der Waals surface area (Å²) in [5, 5.41) is 15.7. The van der Waals surface area contributed by atoms with Gasteiger partial charge in [0.1, 0.15) is 25.3 Å². The number of carbonyl (C=O) groups excluding carboxylic acids is 6. The van der Waals surface area contributed by atoms with E-state index >= 15 is 0 Å². The summed E-state index contributed by atoms with van der Waals surface area (Å²) >= 11 is 29.7. The molecule has 75 heavy (non-hydrogen) atoms. The fourth-order valence-electron chi connectivity index (χ4n) is 8.91. The lowest BCUT2D eigenvalue weighted by atomic mass is 9.88. The van der Waals surface area contributed by atoms with E-state index in [4.69, 9.17) is 77.4 Å². The van der Waals surface area contributed by atoms with E-state index in [1.807, 2.05) is 58.0 Å². The third-order valence-corrected chi connectivity index (χ3v) is 14.8. The second-order valence-corrected chi connectivity index (χ2v) is 21.6. The maximum Gasteiger partial charge on any atom is 0.271 e. The molecule has 396 valence electrons. The predicted molar refractivity (Wildman–Crippen MR) is 284 cm³/mol. The average molecular weight is 1130 g/mol. The summed E-state index contributed by atoms with van der Waals surface area (Å²) in [6.45, 7) is 12.0. The van der Waals surface area contributed by atoms with Gasteiger partial charge in [-0.2, -0.15) is 0 Å². The van der Waals surface area contributed by atoms with Gasteiger partial charge in [0.15, 0.2) is 11.2 Å². The van der Waals surface area contributed by atoms with Crippen molar-refractivity contribution in [3.8, 4) is 0 Å². The van der Waals surface area contributed by atoms with Gasteiger partial charge < -0.3 is 15.0 Å². The normalized spacial score (nSPS) is 22.8. The van der Waals surface area contributed by atoms with E-state index in [-0.39, 0.29) is 53.9 Å². The molecule has 5 amide bonds. The van der Waals surface area contributed by atoms with Crippen LogP contribution in [0.25, 0.3) is 0 Å². The molecule has 4 atom stereocenters. The third kappa shape index (κ3) is 12.7. The minimum Gasteiger partial charge on any atom is -0.384 e. The number of halogens is 5. The van der Waals surface area contributed by atoms with Crippen LogP contribution in [0.3, 0.4) is 0 Å². The molecule has 4 aromatic rings. The van der Waals surface area contributed by atoms with Crippen LogP contribution < -0.4 is 5.32 Å². The van der Waals surface area contributed by atoms with Gasteiger partial charge in [-0.3, -0.25) is 43.3 Å². The SMILES string of the molecule is CCN1OC[C@@H](N(C(=O)c2ccc(C3=NOC(C)(c4cc(Cl)cc(Cl)c4)C3)cc2C)C(=O)C2CC2)C1=O.CCN1OC[C@@H](NC(=O)c2ccc(C3=NOC(C)(c4cc(Cl)cc(Cl)c4)C3)cc2C)C1=O.O=C(Cl)C1CC1. The molecule has 4 aromatic carbocycles. The quantitative estimate of drug-likeness (QED) is 0.106. The molecule has 10 rings (SSSR count). The van der Waals surface area contributed by atoms with E-state index in [0.717, 1.165) is 64.1 Å². The summed E-state index contributed by atoms with van der Waals surface area (Å²) in [4.78, 5) is 97.8. The summed E-state index contributed by atoms with van der Waals surface area (Å²) in [6.07, 6.45) is 4.47. The summed E-state index contributed by atoms with van der Waals surface area (Å²) < 4.78 is 0. The van der Waals surface area contributed by atoms with E-state index in [0.29, 0.717) is 68.4 Å². The zero-order valence-corrected chi connectivity index (χ0v) is 45.8. The number of nitrogens with zero attached hydrogens (tertiary/aromatic N) is 5. The Morgan fingerprint density at radius 1 is 0.653 bits per heavy atom. The molecule has 2 unspecified atom stereocenters. The van der Waals surface area contributed by atoms with Gasteiger partial charge in [-0.1, -0.05) is 68.8 Å². The Morgan fingerprint density at radius 3 is 1.51 bits per heavy atom. The highest BCUT2D eigenvalue weighted by molar-refractivity contribution is 6.64. The van der Waals surface area contributed by atoms with Crippen molar-refractivity contribution in [2.75, 3.05) is 26.3 Å². The molecule has 2 saturated carbocycles. The molecular formula is C54H55Cl5N6O10. The molecule has 1 N–H and O–H groups in total. The zero-order valence-electron chi connectivity index (χ0n) is 42.0. The highest BCUT2D eigenvalue weighted by Crippen LogP contribution is 2.41. The number of imide groups is 1. The van der Waals surface area contributed by atoms with Gasteiger partial charge in [0.05, 0.1) is 11.4 Å². The van der Waals surface area contributed by atoms with Gasteiger partial charge in [0, 0.05) is 80.1 Å². The number of carbonyl (C=O) groups is 6. The zero-order chi connectivity index (χ0) is 54.1. The van der Waals surface area contributed by atoms with Gasteiger partial charge in [-0.25, -0.2) is 10.1 Å². The summed E-state index contributed by atoms with van der Waals surface area (Å²) in [7, 11) is 0. The molecule has 4 aliphatic heterocycles. The first-order valence-corrected chi connectivity index (χ1v) is 26.4. The number of hydrogen-bond acceptors (Lipinski definition) is 12. The van der Waals surface area contributed by atoms with Crippen LogP contribution in [0.4, 0.5) is 0 Å². The number of hydrogen-bond donors (Lipinski definition) is 1. The lowest BCUT2D eigenvalue weighted by Crippen LogP contribution is -2.50. The van der Waals surface area contributed by atoms with Crippen LogP contribution in [0.5, 0.6) is 0 Å². The number of aryl methyl sites for hydroxylation is 2. The van der Waals surface area contributed by atoms with Crippen LogP contribution in [-0.4, -0.2) is 99.6 Å². The fourth-order valence-corrected chi connectivity index (χ4v) is 10.2. The Labute approximate surface area is 459 Å². The second kappa shape index (κ2) is 22.9. The van der Waals surface area contributed by atoms with Gasteiger partial charge >= 0.3 is 0 Å². The van der Waals surface area contributed by atoms with Gasteiger partial charge in [-0.05, 0) is 162 Å². The van der Waals surface area contributed by atoms with Gasteiger partial charge in [0.2, 0.25) is 11.1 Å². The number of likely N-dealkylation sites (N-methyl/N-ethyl adjacent to an activating group) is 2. The van der Waals surface area contributed by atoms with Crippen molar-refractivity contribution in [2.24, 2.45) is 22.1 Å². The molecule has 0 aromatic heterocycles. The summed E-state index contributed by atoms with van der Waals surface area (Å²) in [6, 6.07) is 19.7. The van der Waals surface area contributed by atoms with Crippen molar-refractivity contribution < 1.29 is 48.1 Å². The Kier molecular flexibility index (Phi) is 17.0. The van der Waals surface area contributed by atoms with Crippen LogP contribution in [0.15, 0.2) is 83.1 Å². The second-order valence-electron chi connectivity index (χ2n) is 19.5. The monoisotopic (exact) mass is 1120 g/mol. The van der Waals surface area contributed by atoms with Crippen LogP contribution in [0.2, 0.25) is 20.1 Å². The van der Waals surface area contributed by atoms with Gasteiger partial charge in [0.25, 0.3) is 23.6 Å². The van der Waals surface area contributed by atoms with Crippen LogP contribution in [0, 0.1) is 25.7 Å². The van der Waals surface area contributed by atoms with Crippen molar-refractivity contribution in [1.82, 2.24) is 20.3 Å². The van der Waals surface area contributed by atoms with Crippen molar-refractivity contribution in [3.63, 3.8) is 0 Å². The minimum atomic E-state index is -0.961. The predicted octanol–water partition coefficient (Wildman–Crippen LogP) is 10.3. The van der Waals surface area contributed by atoms with E-state index in [1.54, 1.807) is 56.3 Å². The van der Waals surface area contributed by atoms with Crippen molar-refractivity contribution in [1.29, 1.82) is 0 Å². The lowest BCUT2D eigenvalue weighted by Gasteiger charge is -2.26. The first kappa shape index (κ1) is 55.6. The molecule has 2 aliphatic carbocycles. The Morgan fingerprint density at radius 2 is 1.11 bits per heavy atom. The summed E-state index contributed by atoms with van der Waals surface area (Å²) in [5.74, 6) is -1.76. The Hall–Kier alpha value is -5.59. The average Bonchev–Trinajstić information content (AvgIpc) is 4.28. The highest BCUT2D eigenvalue weighted by atomic mass is 35.5. The number of oxime groups is 2. The maximum absolute atomic E-state index is 13.7. The van der Waals surface area contributed by atoms with Crippen molar-refractivity contribution in [2.45, 2.75) is 103 Å². The molecule has 0 spiro atoms. The molecule has 0 bridgehead atoms. The number of benzene rings is 4. The maximum atomic E-state index is 13.7. The highest BCUT2D eigenvalue weighted by Gasteiger charge is 2.47.